The van der Waals surface area contributed by atoms with Crippen LogP contribution in [-0.4, -0.2) is 16.6 Å². The van der Waals surface area contributed by atoms with Crippen molar-refractivity contribution >= 4 is 5.82 Å². The summed E-state index contributed by atoms with van der Waals surface area (Å²) in [7, 11) is 0. The lowest BCUT2D eigenvalue weighted by molar-refractivity contribution is 0.295. The predicted molar refractivity (Wildman–Crippen MR) is 62.0 cm³/mol. The maximum absolute atomic E-state index is 12.8. The summed E-state index contributed by atoms with van der Waals surface area (Å²) in [5, 5.41) is 0. The van der Waals surface area contributed by atoms with E-state index in [1.165, 1.54) is 0 Å². The Kier molecular flexibility index (Phi) is 3.49. The molecule has 0 radical (unpaired) electrons. The van der Waals surface area contributed by atoms with E-state index in [2.05, 4.69) is 9.97 Å². The largest absolute Gasteiger partial charge is 0.463 e. The van der Waals surface area contributed by atoms with Crippen LogP contribution < -0.4 is 10.5 Å². The summed E-state index contributed by atoms with van der Waals surface area (Å²) in [5.41, 5.74) is 6.45. The van der Waals surface area contributed by atoms with Crippen molar-refractivity contribution in [3.63, 3.8) is 0 Å². The van der Waals surface area contributed by atoms with Crippen LogP contribution in [0.5, 0.6) is 6.01 Å². The number of hydrogen-bond donors (Lipinski definition) is 1. The fraction of sp³-hybridized carbons (Fsp3) is 0.167. The molecule has 0 bridgehead atoms. The van der Waals surface area contributed by atoms with Crippen molar-refractivity contribution in [3.05, 3.63) is 47.9 Å². The van der Waals surface area contributed by atoms with Crippen molar-refractivity contribution in [2.75, 3.05) is 12.3 Å². The molecule has 1 aromatic carbocycles. The average molecular weight is 233 g/mol. The van der Waals surface area contributed by atoms with Crippen LogP contribution in [0.2, 0.25) is 0 Å². The first kappa shape index (κ1) is 11.3. The molecule has 2 rings (SSSR count). The Hall–Kier alpha value is -2.17. The molecule has 0 saturated carbocycles. The zero-order chi connectivity index (χ0) is 12.1. The number of hydrogen-bond acceptors (Lipinski definition) is 4. The number of benzene rings is 1. The van der Waals surface area contributed by atoms with Crippen LogP contribution in [0.25, 0.3) is 0 Å². The van der Waals surface area contributed by atoms with Crippen molar-refractivity contribution in [1.82, 2.24) is 9.97 Å². The van der Waals surface area contributed by atoms with Gasteiger partial charge in [-0.15, -0.1) is 0 Å². The molecule has 17 heavy (non-hydrogen) atoms. The molecule has 0 unspecified atom stereocenters. The first-order valence-electron chi connectivity index (χ1n) is 5.20. The molecule has 0 aliphatic heterocycles. The Balaban J connectivity index is 1.88. The average Bonchev–Trinajstić information content (AvgIpc) is 2.35. The number of halogens is 1. The number of anilines is 1. The van der Waals surface area contributed by atoms with Gasteiger partial charge in [-0.3, -0.25) is 0 Å². The van der Waals surface area contributed by atoms with Crippen molar-refractivity contribution < 1.29 is 9.13 Å². The summed E-state index contributed by atoms with van der Waals surface area (Å²) < 4.78 is 18.1. The van der Waals surface area contributed by atoms with E-state index < -0.39 is 5.82 Å². The second kappa shape index (κ2) is 5.25. The molecule has 0 amide bonds. The van der Waals surface area contributed by atoms with Crippen LogP contribution in [-0.2, 0) is 6.42 Å². The monoisotopic (exact) mass is 233 g/mol. The van der Waals surface area contributed by atoms with Gasteiger partial charge in [0, 0.05) is 6.42 Å². The first-order valence-corrected chi connectivity index (χ1v) is 5.20. The number of aromatic nitrogens is 2. The third kappa shape index (κ3) is 3.14. The van der Waals surface area contributed by atoms with E-state index in [-0.39, 0.29) is 11.8 Å². The molecule has 2 N–H and O–H groups in total. The lowest BCUT2D eigenvalue weighted by Gasteiger charge is -2.04. The highest BCUT2D eigenvalue weighted by molar-refractivity contribution is 5.29. The van der Waals surface area contributed by atoms with Gasteiger partial charge in [0.25, 0.3) is 0 Å². The third-order valence-electron chi connectivity index (χ3n) is 2.21. The smallest absolute Gasteiger partial charge is 0.318 e. The Morgan fingerprint density at radius 1 is 1.24 bits per heavy atom. The van der Waals surface area contributed by atoms with Crippen LogP contribution in [0.4, 0.5) is 10.2 Å². The van der Waals surface area contributed by atoms with Crippen LogP contribution in [0.3, 0.4) is 0 Å². The van der Waals surface area contributed by atoms with Crippen molar-refractivity contribution in [1.29, 1.82) is 0 Å². The maximum atomic E-state index is 12.8. The van der Waals surface area contributed by atoms with E-state index in [0.29, 0.717) is 6.61 Å². The second-order valence-electron chi connectivity index (χ2n) is 3.47. The van der Waals surface area contributed by atoms with E-state index in [4.69, 9.17) is 10.5 Å². The van der Waals surface area contributed by atoms with Crippen LogP contribution in [0, 0.1) is 5.82 Å². The van der Waals surface area contributed by atoms with E-state index in [1.54, 1.807) is 0 Å². The summed E-state index contributed by atoms with van der Waals surface area (Å²) in [4.78, 5) is 7.36. The lowest BCUT2D eigenvalue weighted by atomic mass is 10.2. The molecule has 0 aliphatic rings. The zero-order valence-electron chi connectivity index (χ0n) is 9.14. The molecular weight excluding hydrogens is 221 g/mol. The van der Waals surface area contributed by atoms with Crippen molar-refractivity contribution in [2.24, 2.45) is 0 Å². The minimum Gasteiger partial charge on any atom is -0.463 e. The van der Waals surface area contributed by atoms with Crippen molar-refractivity contribution in [3.8, 4) is 6.01 Å². The number of nitrogens with two attached hydrogens (primary N) is 1. The Morgan fingerprint density at radius 2 is 2.00 bits per heavy atom. The Labute approximate surface area is 98.3 Å². The highest BCUT2D eigenvalue weighted by Gasteiger charge is 2.03. The van der Waals surface area contributed by atoms with Gasteiger partial charge in [0.15, 0.2) is 11.6 Å². The SMILES string of the molecule is Nc1nc(OCCc2ccccc2)ncc1F. The number of nitrogen functional groups attached to an aromatic ring is 1. The van der Waals surface area contributed by atoms with Gasteiger partial charge in [-0.05, 0) is 5.56 Å². The number of ether oxygens (including phenoxy) is 1. The molecule has 0 atom stereocenters. The third-order valence-corrected chi connectivity index (χ3v) is 2.21. The minimum absolute atomic E-state index is 0.0971. The summed E-state index contributed by atoms with van der Waals surface area (Å²) >= 11 is 0. The van der Waals surface area contributed by atoms with Gasteiger partial charge in [-0.25, -0.2) is 9.37 Å². The summed E-state index contributed by atoms with van der Waals surface area (Å²) in [6, 6.07) is 9.98. The Morgan fingerprint density at radius 3 is 2.71 bits per heavy atom. The molecule has 1 heterocycles. The molecule has 5 heteroatoms. The molecule has 0 fully saturated rings. The van der Waals surface area contributed by atoms with Gasteiger partial charge < -0.3 is 10.5 Å². The maximum Gasteiger partial charge on any atom is 0.318 e. The van der Waals surface area contributed by atoms with E-state index in [9.17, 15) is 4.39 Å². The van der Waals surface area contributed by atoms with E-state index in [0.717, 1.165) is 18.2 Å². The molecule has 0 aliphatic carbocycles. The predicted octanol–water partition coefficient (Wildman–Crippen LogP) is 1.82. The second-order valence-corrected chi connectivity index (χ2v) is 3.47. The molecule has 0 saturated heterocycles. The molecule has 0 spiro atoms. The van der Waals surface area contributed by atoms with Crippen LogP contribution >= 0.6 is 0 Å². The molecular formula is C12H12FN3O. The van der Waals surface area contributed by atoms with Gasteiger partial charge in [0.1, 0.15) is 0 Å². The first-order chi connectivity index (χ1) is 8.25. The summed E-state index contributed by atoms with van der Waals surface area (Å²) in [5.74, 6) is -0.838. The standard InChI is InChI=1S/C12H12FN3O/c13-10-8-15-12(16-11(10)14)17-7-6-9-4-2-1-3-5-9/h1-5,8H,6-7H2,(H2,14,15,16). The topological polar surface area (TPSA) is 61.0 Å². The summed E-state index contributed by atoms with van der Waals surface area (Å²) in [6.07, 6.45) is 1.74. The van der Waals surface area contributed by atoms with Crippen LogP contribution in [0.15, 0.2) is 36.5 Å². The van der Waals surface area contributed by atoms with Gasteiger partial charge in [-0.2, -0.15) is 4.98 Å². The molecule has 2 aromatic rings. The van der Waals surface area contributed by atoms with Gasteiger partial charge >= 0.3 is 6.01 Å². The van der Waals surface area contributed by atoms with Gasteiger partial charge in [0.05, 0.1) is 12.8 Å². The molecule has 4 nitrogen and oxygen atoms in total. The number of nitrogens with zero attached hydrogens (tertiary/aromatic N) is 2. The highest BCUT2D eigenvalue weighted by Crippen LogP contribution is 2.09. The number of rotatable bonds is 4. The quantitative estimate of drug-likeness (QED) is 0.875. The molecule has 1 aromatic heterocycles. The fourth-order valence-electron chi connectivity index (χ4n) is 1.34. The minimum atomic E-state index is -0.639. The fourth-order valence-corrected chi connectivity index (χ4v) is 1.34. The normalized spacial score (nSPS) is 10.2. The lowest BCUT2D eigenvalue weighted by Crippen LogP contribution is -2.06. The van der Waals surface area contributed by atoms with E-state index >= 15 is 0 Å². The summed E-state index contributed by atoms with van der Waals surface area (Å²) in [6.45, 7) is 0.426. The van der Waals surface area contributed by atoms with Crippen LogP contribution in [0.1, 0.15) is 5.56 Å². The van der Waals surface area contributed by atoms with E-state index in [1.807, 2.05) is 30.3 Å². The van der Waals surface area contributed by atoms with Gasteiger partial charge in [0.2, 0.25) is 0 Å². The molecule has 88 valence electrons. The zero-order valence-corrected chi connectivity index (χ0v) is 9.14. The van der Waals surface area contributed by atoms with Crippen molar-refractivity contribution in [2.45, 2.75) is 6.42 Å². The van der Waals surface area contributed by atoms with Gasteiger partial charge in [-0.1, -0.05) is 30.3 Å². The Bertz CT molecular complexity index is 490. The highest BCUT2D eigenvalue weighted by atomic mass is 19.1.